The van der Waals surface area contributed by atoms with Crippen LogP contribution in [0.25, 0.3) is 10.8 Å². The smallest absolute Gasteiger partial charge is 0.277 e. The van der Waals surface area contributed by atoms with E-state index < -0.39 is 0 Å². The van der Waals surface area contributed by atoms with Crippen molar-refractivity contribution in [2.24, 2.45) is 0 Å². The number of carbonyl (C=O) groups excluding carboxylic acids is 1. The molecule has 118 valence electrons. The molecule has 1 amide bonds. The van der Waals surface area contributed by atoms with Crippen molar-refractivity contribution in [3.63, 3.8) is 0 Å². The fourth-order valence-corrected chi connectivity index (χ4v) is 3.97. The Labute approximate surface area is 137 Å². The molecule has 1 saturated carbocycles. The minimum atomic E-state index is 0.0291. The van der Waals surface area contributed by atoms with Gasteiger partial charge in [0.15, 0.2) is 0 Å². The van der Waals surface area contributed by atoms with Crippen LogP contribution < -0.4 is 5.32 Å². The van der Waals surface area contributed by atoms with E-state index in [4.69, 9.17) is 4.42 Å². The second kappa shape index (κ2) is 6.78. The van der Waals surface area contributed by atoms with Crippen LogP contribution in [-0.4, -0.2) is 32.9 Å². The molecule has 1 N–H and O–H groups in total. The predicted molar refractivity (Wildman–Crippen MR) is 86.0 cm³/mol. The van der Waals surface area contributed by atoms with Crippen molar-refractivity contribution >= 4 is 29.0 Å². The maximum Gasteiger partial charge on any atom is 0.277 e. The van der Waals surface area contributed by atoms with Gasteiger partial charge in [-0.3, -0.25) is 4.79 Å². The summed E-state index contributed by atoms with van der Waals surface area (Å²) in [6.07, 6.45) is 4.59. The molecule has 22 heavy (non-hydrogen) atoms. The van der Waals surface area contributed by atoms with Gasteiger partial charge in [0, 0.05) is 6.04 Å². The van der Waals surface area contributed by atoms with Crippen LogP contribution in [0.3, 0.4) is 0 Å². The first-order chi connectivity index (χ1) is 10.6. The zero-order valence-electron chi connectivity index (χ0n) is 12.6. The number of nitrogens with one attached hydrogen (secondary N) is 1. The zero-order valence-corrected chi connectivity index (χ0v) is 14.2. The number of aromatic nitrogens is 3. The number of aryl methyl sites for hydroxylation is 2. The summed E-state index contributed by atoms with van der Waals surface area (Å²) in [5.74, 6) is 0.807. The molecule has 2 heterocycles. The van der Waals surface area contributed by atoms with E-state index in [0.717, 1.165) is 28.4 Å². The van der Waals surface area contributed by atoms with Gasteiger partial charge < -0.3 is 9.73 Å². The first-order valence-corrected chi connectivity index (χ1v) is 9.12. The highest BCUT2D eigenvalue weighted by Crippen LogP contribution is 2.30. The van der Waals surface area contributed by atoms with Gasteiger partial charge in [0.25, 0.3) is 11.1 Å². The summed E-state index contributed by atoms with van der Waals surface area (Å²) in [4.78, 5) is 17.1. The van der Waals surface area contributed by atoms with Crippen LogP contribution in [-0.2, 0) is 4.79 Å². The van der Waals surface area contributed by atoms with Gasteiger partial charge in [-0.1, -0.05) is 24.6 Å². The molecule has 0 atom stereocenters. The van der Waals surface area contributed by atoms with Crippen molar-refractivity contribution in [3.8, 4) is 10.8 Å². The van der Waals surface area contributed by atoms with Crippen molar-refractivity contribution in [1.82, 2.24) is 20.5 Å². The quantitative estimate of drug-likeness (QED) is 0.844. The first-order valence-electron chi connectivity index (χ1n) is 7.32. The number of carbonyl (C=O) groups is 1. The monoisotopic (exact) mass is 338 g/mol. The Morgan fingerprint density at radius 1 is 1.36 bits per heavy atom. The van der Waals surface area contributed by atoms with Crippen molar-refractivity contribution in [2.45, 2.75) is 50.8 Å². The van der Waals surface area contributed by atoms with E-state index in [1.54, 1.807) is 0 Å². The van der Waals surface area contributed by atoms with E-state index >= 15 is 0 Å². The highest BCUT2D eigenvalue weighted by molar-refractivity contribution is 7.99. The summed E-state index contributed by atoms with van der Waals surface area (Å²) >= 11 is 2.80. The normalized spacial score (nSPS) is 15.4. The number of amides is 1. The highest BCUT2D eigenvalue weighted by atomic mass is 32.2. The molecule has 0 bridgehead atoms. The number of rotatable bonds is 5. The van der Waals surface area contributed by atoms with Crippen LogP contribution in [0.4, 0.5) is 0 Å². The largest absolute Gasteiger partial charge is 0.410 e. The molecule has 0 saturated heterocycles. The van der Waals surface area contributed by atoms with Crippen molar-refractivity contribution in [3.05, 3.63) is 10.7 Å². The Balaban J connectivity index is 1.55. The second-order valence-corrected chi connectivity index (χ2v) is 7.49. The Hall–Kier alpha value is -1.41. The molecule has 0 radical (unpaired) electrons. The first kappa shape index (κ1) is 15.5. The van der Waals surface area contributed by atoms with Gasteiger partial charge in [-0.05, 0) is 26.7 Å². The number of nitrogens with zero attached hydrogens (tertiary/aromatic N) is 3. The molecular formula is C14H18N4O2S2. The lowest BCUT2D eigenvalue weighted by Crippen LogP contribution is -2.33. The maximum absolute atomic E-state index is 11.9. The van der Waals surface area contributed by atoms with E-state index in [0.29, 0.717) is 22.9 Å². The van der Waals surface area contributed by atoms with Crippen LogP contribution in [0.2, 0.25) is 0 Å². The van der Waals surface area contributed by atoms with E-state index in [9.17, 15) is 4.79 Å². The molecule has 0 aromatic carbocycles. The minimum absolute atomic E-state index is 0.0291. The number of hydrogen-bond donors (Lipinski definition) is 1. The molecule has 1 aliphatic rings. The molecule has 2 aromatic rings. The number of thiazole rings is 1. The lowest BCUT2D eigenvalue weighted by molar-refractivity contribution is -0.119. The molecule has 1 aliphatic carbocycles. The number of thioether (sulfide) groups is 1. The SMILES string of the molecule is Cc1nc(C)c(-c2nnc(SCC(=O)NC3CCCC3)o2)s1. The summed E-state index contributed by atoms with van der Waals surface area (Å²) in [6.45, 7) is 3.87. The molecule has 1 fully saturated rings. The van der Waals surface area contributed by atoms with Crippen LogP contribution in [0.1, 0.15) is 36.4 Å². The third-order valence-corrected chi connectivity index (χ3v) is 5.43. The average Bonchev–Trinajstić information content (AvgIpc) is 3.18. The standard InChI is InChI=1S/C14H18N4O2S2/c1-8-12(22-9(2)15-8)13-17-18-14(20-13)21-7-11(19)16-10-5-3-4-6-10/h10H,3-7H2,1-2H3,(H,16,19). The lowest BCUT2D eigenvalue weighted by Gasteiger charge is -2.10. The summed E-state index contributed by atoms with van der Waals surface area (Å²) in [7, 11) is 0. The molecule has 0 aliphatic heterocycles. The Kier molecular flexibility index (Phi) is 4.77. The van der Waals surface area contributed by atoms with Crippen molar-refractivity contribution in [1.29, 1.82) is 0 Å². The lowest BCUT2D eigenvalue weighted by atomic mass is 10.2. The molecule has 2 aromatic heterocycles. The van der Waals surface area contributed by atoms with Crippen LogP contribution in [0.15, 0.2) is 9.64 Å². The topological polar surface area (TPSA) is 80.9 Å². The molecular weight excluding hydrogens is 320 g/mol. The van der Waals surface area contributed by atoms with E-state index in [1.807, 2.05) is 13.8 Å². The maximum atomic E-state index is 11.9. The van der Waals surface area contributed by atoms with Crippen molar-refractivity contribution < 1.29 is 9.21 Å². The van der Waals surface area contributed by atoms with Gasteiger partial charge in [0.1, 0.15) is 4.88 Å². The van der Waals surface area contributed by atoms with Gasteiger partial charge in [0.2, 0.25) is 5.91 Å². The van der Waals surface area contributed by atoms with Crippen LogP contribution in [0, 0.1) is 13.8 Å². The Bertz CT molecular complexity index is 662. The fourth-order valence-electron chi connectivity index (χ4n) is 2.56. The third-order valence-electron chi connectivity index (χ3n) is 3.55. The van der Waals surface area contributed by atoms with Crippen LogP contribution in [0.5, 0.6) is 0 Å². The molecule has 8 heteroatoms. The second-order valence-electron chi connectivity index (χ2n) is 5.36. The molecule has 0 spiro atoms. The van der Waals surface area contributed by atoms with Gasteiger partial charge in [-0.2, -0.15) is 0 Å². The van der Waals surface area contributed by atoms with E-state index in [1.165, 1.54) is 35.9 Å². The van der Waals surface area contributed by atoms with Gasteiger partial charge >= 0.3 is 0 Å². The summed E-state index contributed by atoms with van der Waals surface area (Å²) in [5.41, 5.74) is 0.890. The summed E-state index contributed by atoms with van der Waals surface area (Å²) in [6, 6.07) is 0.342. The minimum Gasteiger partial charge on any atom is -0.410 e. The average molecular weight is 338 g/mol. The number of hydrogen-bond acceptors (Lipinski definition) is 7. The molecule has 3 rings (SSSR count). The van der Waals surface area contributed by atoms with Gasteiger partial charge in [0.05, 0.1) is 16.5 Å². The Morgan fingerprint density at radius 2 is 2.14 bits per heavy atom. The highest BCUT2D eigenvalue weighted by Gasteiger charge is 2.19. The zero-order chi connectivity index (χ0) is 15.5. The van der Waals surface area contributed by atoms with E-state index in [-0.39, 0.29) is 5.91 Å². The van der Waals surface area contributed by atoms with Gasteiger partial charge in [-0.25, -0.2) is 4.98 Å². The third kappa shape index (κ3) is 3.67. The summed E-state index contributed by atoms with van der Waals surface area (Å²) < 4.78 is 5.62. The Morgan fingerprint density at radius 3 is 2.82 bits per heavy atom. The van der Waals surface area contributed by atoms with Crippen molar-refractivity contribution in [2.75, 3.05) is 5.75 Å². The van der Waals surface area contributed by atoms with E-state index in [2.05, 4.69) is 20.5 Å². The fraction of sp³-hybridized carbons (Fsp3) is 0.571. The van der Waals surface area contributed by atoms with Gasteiger partial charge in [-0.15, -0.1) is 21.5 Å². The van der Waals surface area contributed by atoms with Crippen LogP contribution >= 0.6 is 23.1 Å². The molecule has 6 nitrogen and oxygen atoms in total. The summed E-state index contributed by atoms with van der Waals surface area (Å²) in [5, 5.41) is 12.5. The molecule has 0 unspecified atom stereocenters. The predicted octanol–water partition coefficient (Wildman–Crippen LogP) is 2.96.